The van der Waals surface area contributed by atoms with Crippen molar-refractivity contribution in [3.05, 3.63) is 0 Å². The van der Waals surface area contributed by atoms with Gasteiger partial charge < -0.3 is 179 Å². The molecule has 0 saturated carbocycles. The van der Waals surface area contributed by atoms with Gasteiger partial charge in [-0.3, -0.25) is 13.8 Å². The summed E-state index contributed by atoms with van der Waals surface area (Å²) < 4.78 is 89.7. The van der Waals surface area contributed by atoms with E-state index in [-0.39, 0.29) is 0 Å². The Kier molecular flexibility index (Phi) is 25.0. The lowest BCUT2D eigenvalue weighted by Crippen LogP contribution is -2.68. The summed E-state index contributed by atoms with van der Waals surface area (Å²) in [6.07, 6.45) is -69.6. The van der Waals surface area contributed by atoms with Gasteiger partial charge in [-0.05, 0) is 0 Å². The number of hydrogen-bond acceptors (Lipinski definition) is 38. The van der Waals surface area contributed by atoms with Crippen LogP contribution in [0.4, 0.5) is 0 Å². The highest BCUT2D eigenvalue weighted by molar-refractivity contribution is 7.47. The van der Waals surface area contributed by atoms with Crippen molar-refractivity contribution in [3.8, 4) is 0 Å². The van der Waals surface area contributed by atoms with Crippen molar-refractivity contribution >= 4 is 13.7 Å². The third-order valence-corrected chi connectivity index (χ3v) is 16.1. The first-order valence-corrected chi connectivity index (χ1v) is 27.9. The van der Waals surface area contributed by atoms with Crippen LogP contribution in [-0.2, 0) is 75.2 Å². The van der Waals surface area contributed by atoms with Crippen LogP contribution in [0.2, 0.25) is 0 Å². The number of carbonyl (C=O) groups excluding carboxylic acids is 1. The third-order valence-electron chi connectivity index (χ3n) is 15.1. The zero-order valence-electron chi connectivity index (χ0n) is 44.4. The molecule has 0 aromatic rings. The van der Waals surface area contributed by atoms with E-state index >= 15 is 0 Å². The highest BCUT2D eigenvalue weighted by atomic mass is 31.2. The van der Waals surface area contributed by atoms with Gasteiger partial charge in [-0.1, -0.05) is 0 Å². The SMILES string of the molecule is CC(=O)N[C@@H]1[C@@H](O)[C@H](O[C@@H]2O[C@H](CO[C@H]3O[C@H](CO[C@H]4O[C@H](COP(=O)(O)O[C@H]5O[C@H](CO)[C@@H](O)[C@H](O)[C@@H]5O)[C@@H](O)[C@H](O)[C@@H]4O)[C@@H](O)[C@H](O[C@H]4O[C@H](CO)[C@@H](O)[C@H](O)[C@@H]4O)[C@@H]3O)[C@@H](O)[C@H](O[C@H]3O[C@H](CO)[C@@H](O)[C@H](O)[C@@H]3O)[C@@H]2O)[C@@H](CO)O[C@H]1O. The van der Waals surface area contributed by atoms with E-state index in [9.17, 15) is 127 Å². The van der Waals surface area contributed by atoms with E-state index in [1.54, 1.807) is 0 Å². The van der Waals surface area contributed by atoms with Crippen LogP contribution in [0.25, 0.3) is 0 Å². The van der Waals surface area contributed by atoms with Gasteiger partial charge in [0.1, 0.15) is 171 Å². The predicted octanol–water partition coefficient (Wildman–Crippen LogP) is -16.0. The molecule has 40 nitrogen and oxygen atoms in total. The fourth-order valence-electron chi connectivity index (χ4n) is 10.2. The molecule has 0 radical (unpaired) electrons. The predicted molar refractivity (Wildman–Crippen MR) is 254 cm³/mol. The van der Waals surface area contributed by atoms with Crippen LogP contribution < -0.4 is 5.32 Å². The zero-order valence-corrected chi connectivity index (χ0v) is 45.3. The first kappa shape index (κ1) is 70.7. The lowest BCUT2D eigenvalue weighted by Gasteiger charge is -2.49. The minimum atomic E-state index is -5.45. The van der Waals surface area contributed by atoms with Gasteiger partial charge in [0.2, 0.25) is 5.91 Å². The van der Waals surface area contributed by atoms with Gasteiger partial charge in [-0.15, -0.1) is 0 Å². The number of nitrogens with one attached hydrogen (secondary N) is 1. The van der Waals surface area contributed by atoms with Crippen molar-refractivity contribution < 1.29 is 192 Å². The molecule has 7 aliphatic heterocycles. The Labute approximate surface area is 479 Å². The summed E-state index contributed by atoms with van der Waals surface area (Å²) in [5.41, 5.74) is 0. The summed E-state index contributed by atoms with van der Waals surface area (Å²) in [6, 6.07) is -1.66. The second-order valence-electron chi connectivity index (χ2n) is 21.0. The average molecular weight is 1270 g/mol. The largest absolute Gasteiger partial charge is 0.474 e. The Balaban J connectivity index is 1.12. The first-order chi connectivity index (χ1) is 40.0. The van der Waals surface area contributed by atoms with Crippen molar-refractivity contribution in [3.63, 3.8) is 0 Å². The Morgan fingerprint density at radius 3 is 1.14 bits per heavy atom. The fourth-order valence-corrected chi connectivity index (χ4v) is 11.0. The van der Waals surface area contributed by atoms with E-state index in [1.807, 2.05) is 0 Å². The van der Waals surface area contributed by atoms with Gasteiger partial charge in [0.15, 0.2) is 44.0 Å². The van der Waals surface area contributed by atoms with Crippen LogP contribution in [0.1, 0.15) is 6.92 Å². The molecule has 36 atom stereocenters. The highest BCUT2D eigenvalue weighted by Gasteiger charge is 2.57. The summed E-state index contributed by atoms with van der Waals surface area (Å²) in [4.78, 5) is 22.4. The molecule has 1 unspecified atom stereocenters. The Hall–Kier alpha value is -1.78. The van der Waals surface area contributed by atoms with Gasteiger partial charge >= 0.3 is 7.82 Å². The number of ether oxygens (including phenoxy) is 12. The van der Waals surface area contributed by atoms with Crippen LogP contribution in [-0.4, -0.2) is 384 Å². The van der Waals surface area contributed by atoms with E-state index in [2.05, 4.69) is 5.32 Å². The molecule has 7 aliphatic rings. The Bertz CT molecular complexity index is 2130. The molecule has 7 saturated heterocycles. The first-order valence-electron chi connectivity index (χ1n) is 26.4. The van der Waals surface area contributed by atoms with Gasteiger partial charge in [-0.2, -0.15) is 0 Å². The number of rotatable bonds is 22. The van der Waals surface area contributed by atoms with E-state index in [4.69, 9.17) is 65.9 Å². The lowest BCUT2D eigenvalue weighted by molar-refractivity contribution is -0.384. The zero-order chi connectivity index (χ0) is 62.8. The van der Waals surface area contributed by atoms with Crippen molar-refractivity contribution in [1.29, 1.82) is 0 Å². The molecule has 0 aliphatic carbocycles. The molecule has 0 bridgehead atoms. The number of aliphatic hydroxyl groups excluding tert-OH is 22. The number of carbonyl (C=O) groups is 1. The fraction of sp³-hybridized carbons (Fsp3) is 0.977. The van der Waals surface area contributed by atoms with Gasteiger partial charge in [-0.25, -0.2) is 4.57 Å². The Morgan fingerprint density at radius 2 is 0.706 bits per heavy atom. The summed E-state index contributed by atoms with van der Waals surface area (Å²) in [7, 11) is -5.45. The maximum atomic E-state index is 13.0. The van der Waals surface area contributed by atoms with Crippen LogP contribution in [0.3, 0.4) is 0 Å². The average Bonchev–Trinajstić information content (AvgIpc) is 3.61. The second-order valence-corrected chi connectivity index (χ2v) is 22.4. The molecule has 7 rings (SSSR count). The second kappa shape index (κ2) is 30.1. The molecule has 0 spiro atoms. The number of hydrogen-bond donors (Lipinski definition) is 24. The quantitative estimate of drug-likeness (QED) is 0.0448. The normalized spacial score (nSPS) is 50.8. The maximum Gasteiger partial charge on any atom is 0.474 e. The molecular weight excluding hydrogens is 1200 g/mol. The van der Waals surface area contributed by atoms with Crippen molar-refractivity contribution in [2.24, 2.45) is 0 Å². The summed E-state index contributed by atoms with van der Waals surface area (Å²) in [5, 5.41) is 237. The molecule has 0 aromatic heterocycles. The van der Waals surface area contributed by atoms with Crippen LogP contribution in [0.15, 0.2) is 0 Å². The molecule has 41 heteroatoms. The summed E-state index contributed by atoms with van der Waals surface area (Å²) in [6.45, 7) is -6.27. The van der Waals surface area contributed by atoms with Gasteiger partial charge in [0.05, 0.1) is 46.2 Å². The number of aliphatic hydroxyl groups is 22. The van der Waals surface area contributed by atoms with Crippen LogP contribution in [0.5, 0.6) is 0 Å². The number of phosphoric acid groups is 1. The van der Waals surface area contributed by atoms with E-state index < -0.39 is 275 Å². The van der Waals surface area contributed by atoms with Crippen LogP contribution in [0, 0.1) is 0 Å². The monoisotopic (exact) mass is 1270 g/mol. The minimum absolute atomic E-state index is 0.789. The smallest absolute Gasteiger partial charge is 0.394 e. The summed E-state index contributed by atoms with van der Waals surface area (Å²) >= 11 is 0. The molecule has 7 heterocycles. The highest BCUT2D eigenvalue weighted by Crippen LogP contribution is 2.47. The van der Waals surface area contributed by atoms with Gasteiger partial charge in [0, 0.05) is 6.92 Å². The molecular formula is C44H76NO39P. The maximum absolute atomic E-state index is 13.0. The van der Waals surface area contributed by atoms with E-state index in [0.29, 0.717) is 0 Å². The molecule has 0 aromatic carbocycles. The Morgan fingerprint density at radius 1 is 0.376 bits per heavy atom. The van der Waals surface area contributed by atoms with Crippen molar-refractivity contribution in [2.75, 3.05) is 46.2 Å². The topological polar surface area (TPSA) is 641 Å². The third kappa shape index (κ3) is 15.8. The van der Waals surface area contributed by atoms with Gasteiger partial charge in [0.25, 0.3) is 0 Å². The van der Waals surface area contributed by atoms with E-state index in [1.165, 1.54) is 0 Å². The number of amides is 1. The molecule has 7 fully saturated rings. The summed E-state index contributed by atoms with van der Waals surface area (Å²) in [5.74, 6) is -0.789. The van der Waals surface area contributed by atoms with E-state index in [0.717, 1.165) is 6.92 Å². The molecule has 496 valence electrons. The number of phosphoric ester groups is 1. The standard InChI is InChI=1S/C44H76NO39P/c1-9(50)45-17-24(57)35(13(5-49)74-38(17)68)81-43-34(67)37(83-42-31(64)26(59)19(52)11(3-47)76-42)23(56)15(80-43)7-72-40-33(66)36(82-41-30(63)25(58)18(51)10(2-46)75-41)22(55)14(78-40)6-71-39-29(62)28(61)21(54)16(79-39)8-73-85(69,70)84-44-32(65)27(60)20(53)12(4-48)77-44/h10-44,46-49,51-68H,2-8H2,1H3,(H,45,50)(H,69,70)/t10-,11-,12-,13-,14-,15-,16-,17-,18-,19-,20-,21-,22-,23-,24-,25+,26+,27+,28+,29+,30+,31+,32+,33+,34+,35-,36+,37+,38-,39+,40+,41-,42-,43+,44-/m1/s1. The van der Waals surface area contributed by atoms with Crippen LogP contribution >= 0.6 is 7.82 Å². The molecule has 24 N–H and O–H groups in total. The minimum Gasteiger partial charge on any atom is -0.394 e. The lowest BCUT2D eigenvalue weighted by atomic mass is 9.95. The molecule has 1 amide bonds. The van der Waals surface area contributed by atoms with Crippen molar-refractivity contribution in [1.82, 2.24) is 5.32 Å². The van der Waals surface area contributed by atoms with Crippen molar-refractivity contribution in [2.45, 2.75) is 222 Å². The molecule has 85 heavy (non-hydrogen) atoms.